The van der Waals surface area contributed by atoms with Crippen LogP contribution in [0.4, 0.5) is 0 Å². The summed E-state index contributed by atoms with van der Waals surface area (Å²) in [6.45, 7) is 2.01. The van der Waals surface area contributed by atoms with E-state index in [0.717, 1.165) is 64.7 Å². The number of rotatable bonds is 3. The van der Waals surface area contributed by atoms with Crippen LogP contribution < -0.4 is 0 Å². The minimum Gasteiger partial charge on any atom is -0.294 e. The normalized spacial score (nSPS) is 17.6. The summed E-state index contributed by atoms with van der Waals surface area (Å²) in [5.74, 6) is -0.459. The Morgan fingerprint density at radius 3 is 2.14 bits per heavy atom. The fourth-order valence-corrected chi connectivity index (χ4v) is 4.46. The number of aryl methyl sites for hydroxylation is 1. The summed E-state index contributed by atoms with van der Waals surface area (Å²) in [6.07, 6.45) is 3.99. The molecule has 5 nitrogen and oxygen atoms in total. The van der Waals surface area contributed by atoms with Gasteiger partial charge in [-0.2, -0.15) is 4.80 Å². The molecule has 0 saturated heterocycles. The highest BCUT2D eigenvalue weighted by molar-refractivity contribution is 6.24. The van der Waals surface area contributed by atoms with E-state index >= 15 is 0 Å². The minimum atomic E-state index is -0.553. The third-order valence-electron chi connectivity index (χ3n) is 5.77. The molecule has 0 saturated carbocycles. The molecule has 0 spiro atoms. The van der Waals surface area contributed by atoms with Crippen molar-refractivity contribution in [3.8, 4) is 5.69 Å². The van der Waals surface area contributed by atoms with Gasteiger partial charge < -0.3 is 0 Å². The smallest absolute Gasteiger partial charge is 0.170 e. The molecule has 0 atom stereocenters. The number of benzene rings is 2. The maximum atomic E-state index is 12.8. The second-order valence-corrected chi connectivity index (χ2v) is 7.80. The molecule has 5 rings (SSSR count). The number of carbonyl (C=O) groups is 2. The summed E-state index contributed by atoms with van der Waals surface area (Å²) in [7, 11) is 0. The summed E-state index contributed by atoms with van der Waals surface area (Å²) in [4.78, 5) is 27.2. The highest BCUT2D eigenvalue weighted by Gasteiger charge is 2.40. The number of aromatic nitrogens is 3. The summed E-state index contributed by atoms with van der Waals surface area (Å²) in [6, 6.07) is 13.8. The number of Topliss-reactive ketones (excluding diaryl/α,β-unsaturated/α-hetero) is 2. The van der Waals surface area contributed by atoms with Gasteiger partial charge in [0.25, 0.3) is 0 Å². The predicted molar refractivity (Wildman–Crippen MR) is 106 cm³/mol. The second kappa shape index (κ2) is 6.51. The van der Waals surface area contributed by atoms with Gasteiger partial charge in [0.1, 0.15) is 11.0 Å². The molecule has 1 heterocycles. The summed E-state index contributed by atoms with van der Waals surface area (Å²) < 4.78 is 0. The third-order valence-corrected chi connectivity index (χ3v) is 5.77. The van der Waals surface area contributed by atoms with Crippen LogP contribution in [0.15, 0.2) is 53.6 Å². The Kier molecular flexibility index (Phi) is 3.97. The van der Waals surface area contributed by atoms with Gasteiger partial charge in [0.05, 0.1) is 11.6 Å². The van der Waals surface area contributed by atoms with Crippen molar-refractivity contribution in [2.75, 3.05) is 0 Å². The molecule has 0 unspecified atom stereocenters. The van der Waals surface area contributed by atoms with Gasteiger partial charge in [-0.3, -0.25) is 9.59 Å². The third kappa shape index (κ3) is 2.78. The van der Waals surface area contributed by atoms with Gasteiger partial charge in [-0.1, -0.05) is 18.2 Å². The maximum absolute atomic E-state index is 12.8. The van der Waals surface area contributed by atoms with Gasteiger partial charge in [0, 0.05) is 11.1 Å². The van der Waals surface area contributed by atoms with E-state index in [9.17, 15) is 9.59 Å². The van der Waals surface area contributed by atoms with E-state index in [-0.39, 0.29) is 11.6 Å². The van der Waals surface area contributed by atoms with Crippen LogP contribution in [0.3, 0.4) is 0 Å². The second-order valence-electron chi connectivity index (χ2n) is 7.80. The SMILES string of the molecule is Cc1cc(CC2C(=O)C3=C(CCCC3)C2=O)cc(-n2nc3ccccc3n2)c1. The summed E-state index contributed by atoms with van der Waals surface area (Å²) in [5, 5.41) is 9.10. The number of hydrogen-bond acceptors (Lipinski definition) is 4. The first-order valence-corrected chi connectivity index (χ1v) is 9.83. The largest absolute Gasteiger partial charge is 0.294 e. The van der Waals surface area contributed by atoms with E-state index in [1.54, 1.807) is 4.80 Å². The fraction of sp³-hybridized carbons (Fsp3) is 0.304. The first-order chi connectivity index (χ1) is 13.6. The molecule has 140 valence electrons. The number of fused-ring (bicyclic) bond motifs is 1. The molecule has 3 aromatic rings. The molecule has 1 aromatic heterocycles. The van der Waals surface area contributed by atoms with E-state index < -0.39 is 5.92 Å². The molecule has 2 aliphatic rings. The van der Waals surface area contributed by atoms with Crippen LogP contribution in [0, 0.1) is 12.8 Å². The zero-order chi connectivity index (χ0) is 19.3. The van der Waals surface area contributed by atoms with Crippen LogP contribution in [0.1, 0.15) is 36.8 Å². The van der Waals surface area contributed by atoms with Gasteiger partial charge in [0.15, 0.2) is 11.6 Å². The van der Waals surface area contributed by atoms with Crippen molar-refractivity contribution in [1.82, 2.24) is 15.0 Å². The molecule has 0 N–H and O–H groups in total. The van der Waals surface area contributed by atoms with Crippen molar-refractivity contribution in [3.63, 3.8) is 0 Å². The number of ketones is 2. The van der Waals surface area contributed by atoms with Crippen molar-refractivity contribution >= 4 is 22.6 Å². The number of carbonyl (C=O) groups excluding carboxylic acids is 2. The number of nitrogens with zero attached hydrogens (tertiary/aromatic N) is 3. The molecular weight excluding hydrogens is 350 g/mol. The zero-order valence-electron chi connectivity index (χ0n) is 15.8. The van der Waals surface area contributed by atoms with Crippen LogP contribution in [0.5, 0.6) is 0 Å². The Labute approximate surface area is 163 Å². The summed E-state index contributed by atoms with van der Waals surface area (Å²) >= 11 is 0. The molecular formula is C23H21N3O2. The van der Waals surface area contributed by atoms with Crippen LogP contribution in [-0.2, 0) is 16.0 Å². The molecule has 0 radical (unpaired) electrons. The number of allylic oxidation sites excluding steroid dienone is 2. The lowest BCUT2D eigenvalue weighted by atomic mass is 9.92. The van der Waals surface area contributed by atoms with E-state index in [1.165, 1.54) is 0 Å². The van der Waals surface area contributed by atoms with Crippen molar-refractivity contribution < 1.29 is 9.59 Å². The highest BCUT2D eigenvalue weighted by atomic mass is 16.2. The van der Waals surface area contributed by atoms with Gasteiger partial charge in [-0.05, 0) is 74.4 Å². The lowest BCUT2D eigenvalue weighted by Gasteiger charge is -2.11. The predicted octanol–water partition coefficient (Wildman–Crippen LogP) is 3.91. The maximum Gasteiger partial charge on any atom is 0.170 e. The van der Waals surface area contributed by atoms with Crippen molar-refractivity contribution in [2.45, 2.75) is 39.0 Å². The first kappa shape index (κ1) is 17.0. The van der Waals surface area contributed by atoms with E-state index in [1.807, 2.05) is 49.4 Å². The molecule has 0 aliphatic heterocycles. The quantitative estimate of drug-likeness (QED) is 0.655. The van der Waals surface area contributed by atoms with Crippen LogP contribution >= 0.6 is 0 Å². The van der Waals surface area contributed by atoms with E-state index in [0.29, 0.717) is 6.42 Å². The van der Waals surface area contributed by atoms with Gasteiger partial charge in [-0.25, -0.2) is 0 Å². The Morgan fingerprint density at radius 2 is 1.54 bits per heavy atom. The highest BCUT2D eigenvalue weighted by Crippen LogP contribution is 2.37. The van der Waals surface area contributed by atoms with Gasteiger partial charge in [0.2, 0.25) is 0 Å². The van der Waals surface area contributed by atoms with Crippen molar-refractivity contribution in [2.24, 2.45) is 5.92 Å². The molecule has 5 heteroatoms. The fourth-order valence-electron chi connectivity index (χ4n) is 4.46. The lowest BCUT2D eigenvalue weighted by molar-refractivity contribution is -0.126. The Morgan fingerprint density at radius 1 is 0.929 bits per heavy atom. The number of hydrogen-bond donors (Lipinski definition) is 0. The Bertz CT molecular complexity index is 1090. The molecule has 0 amide bonds. The average molecular weight is 371 g/mol. The molecule has 0 fully saturated rings. The van der Waals surface area contributed by atoms with E-state index in [2.05, 4.69) is 10.2 Å². The van der Waals surface area contributed by atoms with Gasteiger partial charge in [-0.15, -0.1) is 10.2 Å². The van der Waals surface area contributed by atoms with Crippen LogP contribution in [0.25, 0.3) is 16.7 Å². The van der Waals surface area contributed by atoms with Crippen LogP contribution in [0.2, 0.25) is 0 Å². The topological polar surface area (TPSA) is 64.8 Å². The average Bonchev–Trinajstić information content (AvgIpc) is 3.24. The van der Waals surface area contributed by atoms with Gasteiger partial charge >= 0.3 is 0 Å². The standard InChI is InChI=1S/C23H21N3O2/c1-14-10-15(13-19-22(27)17-6-2-3-7-18(17)23(19)28)12-16(11-14)26-24-20-8-4-5-9-21(20)25-26/h4-5,8-12,19H,2-3,6-7,13H2,1H3. The minimum absolute atomic E-state index is 0.0470. The molecule has 2 aromatic carbocycles. The Balaban J connectivity index is 1.47. The van der Waals surface area contributed by atoms with E-state index in [4.69, 9.17) is 0 Å². The Hall–Kier alpha value is -3.08. The molecule has 28 heavy (non-hydrogen) atoms. The molecule has 2 aliphatic carbocycles. The monoisotopic (exact) mass is 371 g/mol. The molecule has 0 bridgehead atoms. The van der Waals surface area contributed by atoms with Crippen molar-refractivity contribution in [1.29, 1.82) is 0 Å². The zero-order valence-corrected chi connectivity index (χ0v) is 15.8. The van der Waals surface area contributed by atoms with Crippen molar-refractivity contribution in [3.05, 3.63) is 64.7 Å². The summed E-state index contributed by atoms with van der Waals surface area (Å²) in [5.41, 5.74) is 6.16. The van der Waals surface area contributed by atoms with Crippen LogP contribution in [-0.4, -0.2) is 26.6 Å². The lowest BCUT2D eigenvalue weighted by Crippen LogP contribution is -2.20. The first-order valence-electron chi connectivity index (χ1n) is 9.83.